The Morgan fingerprint density at radius 2 is 2.11 bits per heavy atom. The van der Waals surface area contributed by atoms with E-state index >= 15 is 0 Å². The van der Waals surface area contributed by atoms with Crippen LogP contribution < -0.4 is 4.74 Å². The van der Waals surface area contributed by atoms with Crippen molar-refractivity contribution in [1.82, 2.24) is 4.31 Å². The monoisotopic (exact) mass is 357 g/mol. The molecule has 0 aliphatic rings. The number of methoxy groups -OCH3 is 1. The molecule has 0 saturated carbocycles. The van der Waals surface area contributed by atoms with Gasteiger partial charge >= 0.3 is 0 Å². The highest BCUT2D eigenvalue weighted by atomic mass is 79.9. The van der Waals surface area contributed by atoms with Gasteiger partial charge in [-0.25, -0.2) is 8.42 Å². The lowest BCUT2D eigenvalue weighted by atomic mass is 10.3. The SMILES string of the molecule is COc1c(Br)cc(Cl)cc1S(=O)(=O)N(C)CCO. The number of benzene rings is 1. The van der Waals surface area contributed by atoms with Crippen LogP contribution in [0.4, 0.5) is 0 Å². The zero-order chi connectivity index (χ0) is 13.9. The number of rotatable bonds is 5. The van der Waals surface area contributed by atoms with Crippen molar-refractivity contribution < 1.29 is 18.3 Å². The molecule has 0 bridgehead atoms. The summed E-state index contributed by atoms with van der Waals surface area (Å²) in [5.74, 6) is 0.184. The normalized spacial score (nSPS) is 11.9. The van der Waals surface area contributed by atoms with Gasteiger partial charge in [0, 0.05) is 18.6 Å². The Morgan fingerprint density at radius 1 is 1.50 bits per heavy atom. The van der Waals surface area contributed by atoms with Gasteiger partial charge in [0.1, 0.15) is 4.90 Å². The number of likely N-dealkylation sites (N-methyl/N-ethyl adjacent to an activating group) is 1. The quantitative estimate of drug-likeness (QED) is 0.870. The van der Waals surface area contributed by atoms with Crippen LogP contribution in [0.5, 0.6) is 5.75 Å². The maximum absolute atomic E-state index is 12.3. The summed E-state index contributed by atoms with van der Waals surface area (Å²) in [7, 11) is -1.01. The number of sulfonamides is 1. The second-order valence-electron chi connectivity index (χ2n) is 3.47. The molecule has 1 rings (SSSR count). The first kappa shape index (κ1) is 15.7. The lowest BCUT2D eigenvalue weighted by Crippen LogP contribution is -2.30. The van der Waals surface area contributed by atoms with E-state index in [9.17, 15) is 8.42 Å². The molecule has 102 valence electrons. The minimum Gasteiger partial charge on any atom is -0.494 e. The van der Waals surface area contributed by atoms with Crippen molar-refractivity contribution >= 4 is 37.6 Å². The molecule has 0 saturated heterocycles. The molecule has 0 heterocycles. The molecule has 0 unspecified atom stereocenters. The molecule has 0 amide bonds. The zero-order valence-corrected chi connectivity index (χ0v) is 13.0. The highest BCUT2D eigenvalue weighted by Crippen LogP contribution is 2.36. The topological polar surface area (TPSA) is 66.8 Å². The number of hydrogen-bond acceptors (Lipinski definition) is 4. The van der Waals surface area contributed by atoms with E-state index in [0.29, 0.717) is 4.47 Å². The molecule has 8 heteroatoms. The van der Waals surface area contributed by atoms with Crippen molar-refractivity contribution in [2.24, 2.45) is 0 Å². The molecule has 18 heavy (non-hydrogen) atoms. The van der Waals surface area contributed by atoms with Crippen LogP contribution in [0.2, 0.25) is 5.02 Å². The maximum atomic E-state index is 12.3. The molecule has 5 nitrogen and oxygen atoms in total. The molecule has 0 atom stereocenters. The van der Waals surface area contributed by atoms with Crippen molar-refractivity contribution in [1.29, 1.82) is 0 Å². The minimum absolute atomic E-state index is 0.00435. The van der Waals surface area contributed by atoms with Gasteiger partial charge in [0.15, 0.2) is 5.75 Å². The third-order valence-electron chi connectivity index (χ3n) is 2.28. The summed E-state index contributed by atoms with van der Waals surface area (Å²) in [4.78, 5) is -0.0414. The number of halogens is 2. The van der Waals surface area contributed by atoms with Gasteiger partial charge in [-0.2, -0.15) is 4.31 Å². The van der Waals surface area contributed by atoms with E-state index in [-0.39, 0.29) is 28.8 Å². The average Bonchev–Trinajstić information content (AvgIpc) is 2.28. The first-order valence-corrected chi connectivity index (χ1v) is 7.56. The van der Waals surface area contributed by atoms with Crippen LogP contribution in [0.15, 0.2) is 21.5 Å². The van der Waals surface area contributed by atoms with Crippen LogP contribution in [0.3, 0.4) is 0 Å². The van der Waals surface area contributed by atoms with Crippen LogP contribution in [-0.4, -0.2) is 45.1 Å². The van der Waals surface area contributed by atoms with E-state index in [4.69, 9.17) is 21.4 Å². The van der Waals surface area contributed by atoms with Gasteiger partial charge in [0.25, 0.3) is 0 Å². The van der Waals surface area contributed by atoms with Crippen molar-refractivity contribution in [3.63, 3.8) is 0 Å². The Morgan fingerprint density at radius 3 is 2.61 bits per heavy atom. The smallest absolute Gasteiger partial charge is 0.246 e. The summed E-state index contributed by atoms with van der Waals surface area (Å²) < 4.78 is 31.1. The third-order valence-corrected chi connectivity index (χ3v) is 4.95. The van der Waals surface area contributed by atoms with Crippen LogP contribution in [-0.2, 0) is 10.0 Å². The Kier molecular flexibility index (Phi) is 5.42. The summed E-state index contributed by atoms with van der Waals surface area (Å²) in [6.45, 7) is -0.268. The Hall–Kier alpha value is -0.340. The summed E-state index contributed by atoms with van der Waals surface area (Å²) >= 11 is 9.05. The van der Waals surface area contributed by atoms with Crippen molar-refractivity contribution in [2.75, 3.05) is 27.3 Å². The standard InChI is InChI=1S/C10H13BrClNO4S/c1-13(3-4-14)18(15,16)9-6-7(12)5-8(11)10(9)17-2/h5-6,14H,3-4H2,1-2H3. The number of nitrogens with zero attached hydrogens (tertiary/aromatic N) is 1. The first-order valence-electron chi connectivity index (χ1n) is 4.94. The lowest BCUT2D eigenvalue weighted by molar-refractivity contribution is 0.266. The molecular weight excluding hydrogens is 346 g/mol. The van der Waals surface area contributed by atoms with E-state index in [0.717, 1.165) is 4.31 Å². The molecule has 0 fully saturated rings. The van der Waals surface area contributed by atoms with Gasteiger partial charge in [-0.05, 0) is 28.1 Å². The second-order valence-corrected chi connectivity index (χ2v) is 6.77. The summed E-state index contributed by atoms with van der Waals surface area (Å²) in [5, 5.41) is 9.09. The largest absolute Gasteiger partial charge is 0.494 e. The molecule has 0 aromatic heterocycles. The molecule has 1 N–H and O–H groups in total. The van der Waals surface area contributed by atoms with Gasteiger partial charge in [-0.15, -0.1) is 0 Å². The molecule has 0 radical (unpaired) electrons. The highest BCUT2D eigenvalue weighted by Gasteiger charge is 2.26. The van der Waals surface area contributed by atoms with Crippen LogP contribution in [0, 0.1) is 0 Å². The minimum atomic E-state index is -3.75. The van der Waals surface area contributed by atoms with Gasteiger partial charge in [-0.3, -0.25) is 0 Å². The fraction of sp³-hybridized carbons (Fsp3) is 0.400. The van der Waals surface area contributed by atoms with Gasteiger partial charge in [0.2, 0.25) is 10.0 Å². The maximum Gasteiger partial charge on any atom is 0.246 e. The van der Waals surface area contributed by atoms with E-state index in [1.54, 1.807) is 6.07 Å². The number of ether oxygens (including phenoxy) is 1. The molecule has 0 aliphatic heterocycles. The van der Waals surface area contributed by atoms with E-state index in [2.05, 4.69) is 15.9 Å². The molecule has 0 aliphatic carbocycles. The van der Waals surface area contributed by atoms with Crippen molar-refractivity contribution in [2.45, 2.75) is 4.90 Å². The predicted molar refractivity (Wildman–Crippen MR) is 72.6 cm³/mol. The lowest BCUT2D eigenvalue weighted by Gasteiger charge is -2.18. The van der Waals surface area contributed by atoms with Gasteiger partial charge < -0.3 is 9.84 Å². The molecular formula is C10H13BrClNO4S. The first-order chi connectivity index (χ1) is 8.34. The Bertz CT molecular complexity index is 535. The average molecular weight is 359 g/mol. The van der Waals surface area contributed by atoms with Crippen molar-refractivity contribution in [3.05, 3.63) is 21.6 Å². The van der Waals surface area contributed by atoms with Crippen LogP contribution in [0.25, 0.3) is 0 Å². The number of aliphatic hydroxyl groups is 1. The number of aliphatic hydroxyl groups excluding tert-OH is 1. The summed E-state index contributed by atoms with van der Waals surface area (Å²) in [6.07, 6.45) is 0. The van der Waals surface area contributed by atoms with Crippen LogP contribution in [0.1, 0.15) is 0 Å². The Balaban J connectivity index is 3.40. The summed E-state index contributed by atoms with van der Waals surface area (Å²) in [6, 6.07) is 2.86. The van der Waals surface area contributed by atoms with Crippen molar-refractivity contribution in [3.8, 4) is 5.75 Å². The second kappa shape index (κ2) is 6.21. The van der Waals surface area contributed by atoms with E-state index in [1.807, 2.05) is 0 Å². The van der Waals surface area contributed by atoms with E-state index in [1.165, 1.54) is 20.2 Å². The highest BCUT2D eigenvalue weighted by molar-refractivity contribution is 9.10. The molecule has 1 aromatic rings. The Labute approximate surface area is 119 Å². The molecule has 0 spiro atoms. The molecule has 1 aromatic carbocycles. The number of hydrogen-bond donors (Lipinski definition) is 1. The van der Waals surface area contributed by atoms with E-state index < -0.39 is 10.0 Å². The fourth-order valence-corrected chi connectivity index (χ4v) is 3.88. The zero-order valence-electron chi connectivity index (χ0n) is 9.85. The predicted octanol–water partition coefficient (Wildman–Crippen LogP) is 1.72. The third kappa shape index (κ3) is 3.16. The van der Waals surface area contributed by atoms with Gasteiger partial charge in [0.05, 0.1) is 18.2 Å². The summed E-state index contributed by atoms with van der Waals surface area (Å²) in [5.41, 5.74) is 0. The fourth-order valence-electron chi connectivity index (χ4n) is 1.36. The van der Waals surface area contributed by atoms with Crippen LogP contribution >= 0.6 is 27.5 Å². The van der Waals surface area contributed by atoms with Gasteiger partial charge in [-0.1, -0.05) is 11.6 Å².